The second kappa shape index (κ2) is 6.24. The lowest BCUT2D eigenvalue weighted by Crippen LogP contribution is -2.41. The fourth-order valence-electron chi connectivity index (χ4n) is 2.00. The van der Waals surface area contributed by atoms with Gasteiger partial charge in [0, 0.05) is 12.6 Å². The van der Waals surface area contributed by atoms with Crippen LogP contribution in [-0.4, -0.2) is 18.5 Å². The Morgan fingerprint density at radius 3 is 2.56 bits per heavy atom. The molecule has 1 unspecified atom stereocenters. The van der Waals surface area contributed by atoms with Gasteiger partial charge in [-0.25, -0.2) is 0 Å². The van der Waals surface area contributed by atoms with Crippen molar-refractivity contribution in [3.05, 3.63) is 0 Å². The zero-order valence-electron chi connectivity index (χ0n) is 10.7. The number of carbonyl (C=O) groups excluding carboxylic acids is 1. The van der Waals surface area contributed by atoms with Crippen molar-refractivity contribution in [2.75, 3.05) is 6.54 Å². The molecule has 0 radical (unpaired) electrons. The maximum atomic E-state index is 11.9. The number of rotatable bonds is 8. The summed E-state index contributed by atoms with van der Waals surface area (Å²) in [4.78, 5) is 11.9. The van der Waals surface area contributed by atoms with Gasteiger partial charge in [0.05, 0.1) is 5.41 Å². The monoisotopic (exact) mass is 226 g/mol. The average molecular weight is 226 g/mol. The molecule has 1 rings (SSSR count). The number of nitrogens with two attached hydrogens (primary N) is 1. The van der Waals surface area contributed by atoms with Gasteiger partial charge in [-0.05, 0) is 26.2 Å². The summed E-state index contributed by atoms with van der Waals surface area (Å²) in [6, 6.07) is 0.299. The highest BCUT2D eigenvalue weighted by molar-refractivity contribution is 5.85. The summed E-state index contributed by atoms with van der Waals surface area (Å²) in [5, 5.41) is 3.09. The largest absolute Gasteiger partial charge is 0.353 e. The van der Waals surface area contributed by atoms with Crippen LogP contribution in [0.5, 0.6) is 0 Å². The number of nitrogens with one attached hydrogen (secondary N) is 1. The normalized spacial score (nSPS) is 19.2. The third kappa shape index (κ3) is 3.78. The SMILES string of the molecule is CCCCCCC(C)NC(=O)C1(CN)CC1. The molecular weight excluding hydrogens is 200 g/mol. The van der Waals surface area contributed by atoms with Crippen LogP contribution in [0.4, 0.5) is 0 Å². The van der Waals surface area contributed by atoms with Gasteiger partial charge in [-0.1, -0.05) is 32.6 Å². The van der Waals surface area contributed by atoms with Crippen molar-refractivity contribution in [1.82, 2.24) is 5.32 Å². The molecule has 0 aromatic heterocycles. The van der Waals surface area contributed by atoms with Gasteiger partial charge >= 0.3 is 0 Å². The van der Waals surface area contributed by atoms with Crippen LogP contribution in [0.2, 0.25) is 0 Å². The molecule has 3 N–H and O–H groups in total. The van der Waals surface area contributed by atoms with E-state index in [4.69, 9.17) is 5.73 Å². The number of unbranched alkanes of at least 4 members (excludes halogenated alkanes) is 3. The van der Waals surface area contributed by atoms with Crippen LogP contribution in [-0.2, 0) is 4.79 Å². The smallest absolute Gasteiger partial charge is 0.227 e. The third-order valence-electron chi connectivity index (χ3n) is 3.59. The van der Waals surface area contributed by atoms with Gasteiger partial charge < -0.3 is 11.1 Å². The van der Waals surface area contributed by atoms with Crippen molar-refractivity contribution in [2.45, 2.75) is 64.8 Å². The molecule has 1 aliphatic rings. The van der Waals surface area contributed by atoms with Crippen molar-refractivity contribution in [3.63, 3.8) is 0 Å². The first-order valence-corrected chi connectivity index (χ1v) is 6.65. The lowest BCUT2D eigenvalue weighted by molar-refractivity contribution is -0.126. The van der Waals surface area contributed by atoms with Crippen LogP contribution in [0.3, 0.4) is 0 Å². The van der Waals surface area contributed by atoms with Gasteiger partial charge in [0.15, 0.2) is 0 Å². The van der Waals surface area contributed by atoms with E-state index in [-0.39, 0.29) is 11.3 Å². The highest BCUT2D eigenvalue weighted by atomic mass is 16.2. The molecule has 0 aromatic carbocycles. The predicted molar refractivity (Wildman–Crippen MR) is 67.1 cm³/mol. The summed E-state index contributed by atoms with van der Waals surface area (Å²) in [5.74, 6) is 0.179. The van der Waals surface area contributed by atoms with E-state index in [9.17, 15) is 4.79 Å². The van der Waals surface area contributed by atoms with Gasteiger partial charge in [-0.3, -0.25) is 4.79 Å². The number of carbonyl (C=O) groups is 1. The average Bonchev–Trinajstić information content (AvgIpc) is 3.05. The Morgan fingerprint density at radius 1 is 1.38 bits per heavy atom. The van der Waals surface area contributed by atoms with Crippen LogP contribution in [0.1, 0.15) is 58.8 Å². The van der Waals surface area contributed by atoms with E-state index in [0.29, 0.717) is 12.6 Å². The fourth-order valence-corrected chi connectivity index (χ4v) is 2.00. The van der Waals surface area contributed by atoms with Crippen LogP contribution < -0.4 is 11.1 Å². The van der Waals surface area contributed by atoms with Crippen LogP contribution in [0.25, 0.3) is 0 Å². The quantitative estimate of drug-likeness (QED) is 0.623. The predicted octanol–water partition coefficient (Wildman–Crippen LogP) is 2.20. The number of amides is 1. The topological polar surface area (TPSA) is 55.1 Å². The molecular formula is C13H26N2O. The van der Waals surface area contributed by atoms with E-state index in [1.165, 1.54) is 25.7 Å². The summed E-state index contributed by atoms with van der Waals surface area (Å²) >= 11 is 0. The molecule has 0 aromatic rings. The molecule has 1 amide bonds. The summed E-state index contributed by atoms with van der Waals surface area (Å²) in [6.45, 7) is 4.81. The minimum Gasteiger partial charge on any atom is -0.353 e. The highest BCUT2D eigenvalue weighted by Gasteiger charge is 2.48. The van der Waals surface area contributed by atoms with Crippen molar-refractivity contribution in [1.29, 1.82) is 0 Å². The van der Waals surface area contributed by atoms with Crippen molar-refractivity contribution in [3.8, 4) is 0 Å². The molecule has 1 fully saturated rings. The summed E-state index contributed by atoms with van der Waals surface area (Å²) < 4.78 is 0. The van der Waals surface area contributed by atoms with E-state index < -0.39 is 0 Å². The number of hydrogen-bond acceptors (Lipinski definition) is 2. The standard InChI is InChI=1S/C13H26N2O/c1-3-4-5-6-7-11(2)15-12(16)13(10-14)8-9-13/h11H,3-10,14H2,1-2H3,(H,15,16). The Kier molecular flexibility index (Phi) is 5.26. The van der Waals surface area contributed by atoms with E-state index in [1.807, 2.05) is 0 Å². The van der Waals surface area contributed by atoms with Crippen molar-refractivity contribution >= 4 is 5.91 Å². The van der Waals surface area contributed by atoms with Gasteiger partial charge in [0.2, 0.25) is 5.91 Å². The first kappa shape index (κ1) is 13.5. The van der Waals surface area contributed by atoms with E-state index in [1.54, 1.807) is 0 Å². The Balaban J connectivity index is 2.14. The summed E-state index contributed by atoms with van der Waals surface area (Å²) in [6.07, 6.45) is 8.08. The molecule has 0 spiro atoms. The highest BCUT2D eigenvalue weighted by Crippen LogP contribution is 2.44. The first-order chi connectivity index (χ1) is 7.64. The molecule has 1 atom stereocenters. The van der Waals surface area contributed by atoms with E-state index >= 15 is 0 Å². The maximum Gasteiger partial charge on any atom is 0.227 e. The minimum absolute atomic E-state index is 0.179. The van der Waals surface area contributed by atoms with Crippen molar-refractivity contribution in [2.24, 2.45) is 11.1 Å². The molecule has 1 saturated carbocycles. The molecule has 0 heterocycles. The zero-order valence-corrected chi connectivity index (χ0v) is 10.7. The van der Waals surface area contributed by atoms with Crippen molar-refractivity contribution < 1.29 is 4.79 Å². The first-order valence-electron chi connectivity index (χ1n) is 6.65. The molecule has 1 aliphatic carbocycles. The van der Waals surface area contributed by atoms with Gasteiger partial charge in [-0.15, -0.1) is 0 Å². The number of hydrogen-bond donors (Lipinski definition) is 2. The van der Waals surface area contributed by atoms with Gasteiger partial charge in [0.1, 0.15) is 0 Å². The molecule has 0 bridgehead atoms. The Labute approximate surface area is 99.2 Å². The second-order valence-electron chi connectivity index (χ2n) is 5.21. The molecule has 16 heavy (non-hydrogen) atoms. The zero-order chi connectivity index (χ0) is 12.0. The molecule has 94 valence electrons. The second-order valence-corrected chi connectivity index (χ2v) is 5.21. The minimum atomic E-state index is -0.197. The lowest BCUT2D eigenvalue weighted by atomic mass is 10.0. The molecule has 0 saturated heterocycles. The Morgan fingerprint density at radius 2 is 2.06 bits per heavy atom. The molecule has 0 aliphatic heterocycles. The molecule has 3 nitrogen and oxygen atoms in total. The van der Waals surface area contributed by atoms with Crippen LogP contribution >= 0.6 is 0 Å². The van der Waals surface area contributed by atoms with E-state index in [2.05, 4.69) is 19.2 Å². The third-order valence-corrected chi connectivity index (χ3v) is 3.59. The Hall–Kier alpha value is -0.570. The molecule has 3 heteroatoms. The fraction of sp³-hybridized carbons (Fsp3) is 0.923. The summed E-state index contributed by atoms with van der Waals surface area (Å²) in [5.41, 5.74) is 5.43. The van der Waals surface area contributed by atoms with Gasteiger partial charge in [0.25, 0.3) is 0 Å². The Bertz CT molecular complexity index is 224. The summed E-state index contributed by atoms with van der Waals surface area (Å²) in [7, 11) is 0. The van der Waals surface area contributed by atoms with Gasteiger partial charge in [-0.2, -0.15) is 0 Å². The maximum absolute atomic E-state index is 11.9. The van der Waals surface area contributed by atoms with Crippen LogP contribution in [0, 0.1) is 5.41 Å². The van der Waals surface area contributed by atoms with E-state index in [0.717, 1.165) is 19.3 Å². The lowest BCUT2D eigenvalue weighted by Gasteiger charge is -2.18. The van der Waals surface area contributed by atoms with Crippen LogP contribution in [0.15, 0.2) is 0 Å².